The Bertz CT molecular complexity index is 363. The van der Waals surface area contributed by atoms with Crippen molar-refractivity contribution < 1.29 is 4.74 Å². The Kier molecular flexibility index (Phi) is 7.77. The number of hydrogen-bond acceptors (Lipinski definition) is 4. The molecule has 0 aliphatic heterocycles. The number of ether oxygens (including phenoxy) is 1. The molecule has 0 aliphatic carbocycles. The first kappa shape index (κ1) is 17.1. The van der Waals surface area contributed by atoms with Crippen LogP contribution in [0.5, 0.6) is 0 Å². The van der Waals surface area contributed by atoms with Gasteiger partial charge in [0.25, 0.3) is 0 Å². The Morgan fingerprint density at radius 1 is 1.30 bits per heavy atom. The minimum Gasteiger partial charge on any atom is -0.383 e. The van der Waals surface area contributed by atoms with Gasteiger partial charge in [-0.15, -0.1) is 0 Å². The van der Waals surface area contributed by atoms with Crippen LogP contribution < -0.4 is 5.32 Å². The van der Waals surface area contributed by atoms with Crippen molar-refractivity contribution in [1.82, 2.24) is 20.1 Å². The van der Waals surface area contributed by atoms with E-state index in [2.05, 4.69) is 47.8 Å². The Morgan fingerprint density at radius 3 is 2.65 bits per heavy atom. The SMILES string of the molecule is COCCNCC(Cc1ncnn1CC(C)C)C(C)C. The van der Waals surface area contributed by atoms with Crippen LogP contribution in [0.4, 0.5) is 0 Å². The highest BCUT2D eigenvalue weighted by molar-refractivity contribution is 4.89. The highest BCUT2D eigenvalue weighted by Gasteiger charge is 2.17. The second-order valence-electron chi connectivity index (χ2n) is 6.16. The summed E-state index contributed by atoms with van der Waals surface area (Å²) >= 11 is 0. The molecule has 0 amide bonds. The molecule has 1 rings (SSSR count). The molecule has 116 valence electrons. The van der Waals surface area contributed by atoms with Crippen LogP contribution in [0.3, 0.4) is 0 Å². The first-order valence-corrected chi connectivity index (χ1v) is 7.60. The average molecular weight is 282 g/mol. The van der Waals surface area contributed by atoms with Crippen molar-refractivity contribution in [2.24, 2.45) is 17.8 Å². The van der Waals surface area contributed by atoms with Gasteiger partial charge in [0.1, 0.15) is 12.2 Å². The van der Waals surface area contributed by atoms with Crippen LogP contribution in [0.25, 0.3) is 0 Å². The molecule has 0 spiro atoms. The molecule has 0 aliphatic rings. The van der Waals surface area contributed by atoms with E-state index in [1.165, 1.54) is 0 Å². The first-order valence-electron chi connectivity index (χ1n) is 7.60. The maximum atomic E-state index is 5.06. The van der Waals surface area contributed by atoms with Gasteiger partial charge in [-0.2, -0.15) is 5.10 Å². The average Bonchev–Trinajstić information content (AvgIpc) is 2.79. The smallest absolute Gasteiger partial charge is 0.138 e. The third kappa shape index (κ3) is 6.01. The van der Waals surface area contributed by atoms with Gasteiger partial charge in [-0.1, -0.05) is 27.7 Å². The van der Waals surface area contributed by atoms with E-state index >= 15 is 0 Å². The minimum atomic E-state index is 0.571. The van der Waals surface area contributed by atoms with Crippen molar-refractivity contribution in [2.75, 3.05) is 26.8 Å². The van der Waals surface area contributed by atoms with Gasteiger partial charge in [0.2, 0.25) is 0 Å². The first-order chi connectivity index (χ1) is 9.54. The zero-order valence-corrected chi connectivity index (χ0v) is 13.6. The molecule has 1 unspecified atom stereocenters. The quantitative estimate of drug-likeness (QED) is 0.667. The highest BCUT2D eigenvalue weighted by Crippen LogP contribution is 2.16. The van der Waals surface area contributed by atoms with Crippen LogP contribution in [0.15, 0.2) is 6.33 Å². The summed E-state index contributed by atoms with van der Waals surface area (Å²) in [6.07, 6.45) is 2.65. The molecule has 0 radical (unpaired) electrons. The van der Waals surface area contributed by atoms with Crippen molar-refractivity contribution in [3.05, 3.63) is 12.2 Å². The zero-order chi connectivity index (χ0) is 15.0. The number of methoxy groups -OCH3 is 1. The third-order valence-corrected chi connectivity index (χ3v) is 3.51. The summed E-state index contributed by atoms with van der Waals surface area (Å²) in [5.41, 5.74) is 0. The summed E-state index contributed by atoms with van der Waals surface area (Å²) in [7, 11) is 1.73. The fourth-order valence-corrected chi connectivity index (χ4v) is 2.18. The molecule has 1 heterocycles. The van der Waals surface area contributed by atoms with Crippen LogP contribution in [0.2, 0.25) is 0 Å². The zero-order valence-electron chi connectivity index (χ0n) is 13.6. The van der Waals surface area contributed by atoms with Crippen molar-refractivity contribution in [2.45, 2.75) is 40.7 Å². The van der Waals surface area contributed by atoms with E-state index in [0.717, 1.165) is 38.5 Å². The van der Waals surface area contributed by atoms with Crippen LogP contribution in [0, 0.1) is 17.8 Å². The van der Waals surface area contributed by atoms with Crippen LogP contribution in [0.1, 0.15) is 33.5 Å². The molecule has 1 aromatic heterocycles. The maximum absolute atomic E-state index is 5.06. The summed E-state index contributed by atoms with van der Waals surface area (Å²) in [6, 6.07) is 0. The lowest BCUT2D eigenvalue weighted by atomic mass is 9.92. The molecule has 5 heteroatoms. The lowest BCUT2D eigenvalue weighted by Crippen LogP contribution is -2.31. The summed E-state index contributed by atoms with van der Waals surface area (Å²) in [4.78, 5) is 4.44. The molecule has 20 heavy (non-hydrogen) atoms. The molecule has 5 nitrogen and oxygen atoms in total. The van der Waals surface area contributed by atoms with Crippen molar-refractivity contribution >= 4 is 0 Å². The molecule has 0 bridgehead atoms. The fraction of sp³-hybridized carbons (Fsp3) is 0.867. The monoisotopic (exact) mass is 282 g/mol. The molecule has 0 fully saturated rings. The summed E-state index contributed by atoms with van der Waals surface area (Å²) in [5, 5.41) is 7.80. The van der Waals surface area contributed by atoms with Gasteiger partial charge in [0, 0.05) is 26.6 Å². The molecular formula is C15H30N4O. The van der Waals surface area contributed by atoms with Crippen molar-refractivity contribution in [3.63, 3.8) is 0 Å². The van der Waals surface area contributed by atoms with Gasteiger partial charge < -0.3 is 10.1 Å². The lowest BCUT2D eigenvalue weighted by molar-refractivity contribution is 0.195. The normalized spacial score (nSPS) is 13.3. The van der Waals surface area contributed by atoms with E-state index in [1.54, 1.807) is 13.4 Å². The Labute approximate surface area is 123 Å². The highest BCUT2D eigenvalue weighted by atomic mass is 16.5. The van der Waals surface area contributed by atoms with E-state index in [0.29, 0.717) is 17.8 Å². The predicted molar refractivity (Wildman–Crippen MR) is 81.6 cm³/mol. The van der Waals surface area contributed by atoms with Crippen LogP contribution >= 0.6 is 0 Å². The van der Waals surface area contributed by atoms with Crippen molar-refractivity contribution in [1.29, 1.82) is 0 Å². The van der Waals surface area contributed by atoms with Gasteiger partial charge in [0.05, 0.1) is 6.61 Å². The number of hydrogen-bond donors (Lipinski definition) is 1. The molecular weight excluding hydrogens is 252 g/mol. The van der Waals surface area contributed by atoms with Gasteiger partial charge in [-0.3, -0.25) is 0 Å². The third-order valence-electron chi connectivity index (χ3n) is 3.51. The lowest BCUT2D eigenvalue weighted by Gasteiger charge is -2.21. The molecule has 0 saturated carbocycles. The van der Waals surface area contributed by atoms with Crippen LogP contribution in [-0.4, -0.2) is 41.6 Å². The predicted octanol–water partition coefficient (Wildman–Crippen LogP) is 1.98. The van der Waals surface area contributed by atoms with E-state index in [4.69, 9.17) is 4.74 Å². The number of nitrogens with zero attached hydrogens (tertiary/aromatic N) is 3. The largest absolute Gasteiger partial charge is 0.383 e. The van der Waals surface area contributed by atoms with Gasteiger partial charge in [-0.25, -0.2) is 9.67 Å². The van der Waals surface area contributed by atoms with Gasteiger partial charge in [-0.05, 0) is 24.3 Å². The molecule has 0 saturated heterocycles. The van der Waals surface area contributed by atoms with E-state index in [-0.39, 0.29) is 0 Å². The number of nitrogens with one attached hydrogen (secondary N) is 1. The Balaban J connectivity index is 2.54. The maximum Gasteiger partial charge on any atom is 0.138 e. The van der Waals surface area contributed by atoms with Gasteiger partial charge in [0.15, 0.2) is 0 Å². The standard InChI is InChI=1S/C15H30N4O/c1-12(2)10-19-15(17-11-18-19)8-14(13(3)4)9-16-6-7-20-5/h11-14,16H,6-10H2,1-5H3. The van der Waals surface area contributed by atoms with E-state index < -0.39 is 0 Å². The molecule has 1 atom stereocenters. The Hall–Kier alpha value is -0.940. The van der Waals surface area contributed by atoms with Crippen LogP contribution in [-0.2, 0) is 17.7 Å². The van der Waals surface area contributed by atoms with E-state index in [9.17, 15) is 0 Å². The summed E-state index contributed by atoms with van der Waals surface area (Å²) in [6.45, 7) is 12.5. The number of aromatic nitrogens is 3. The second kappa shape index (κ2) is 9.08. The Morgan fingerprint density at radius 2 is 2.05 bits per heavy atom. The van der Waals surface area contributed by atoms with E-state index in [1.807, 2.05) is 0 Å². The minimum absolute atomic E-state index is 0.571. The fourth-order valence-electron chi connectivity index (χ4n) is 2.18. The second-order valence-corrected chi connectivity index (χ2v) is 6.16. The number of rotatable bonds is 10. The topological polar surface area (TPSA) is 52.0 Å². The molecule has 1 aromatic rings. The summed E-state index contributed by atoms with van der Waals surface area (Å²) in [5.74, 6) is 2.88. The molecule has 0 aromatic carbocycles. The van der Waals surface area contributed by atoms with Gasteiger partial charge >= 0.3 is 0 Å². The summed E-state index contributed by atoms with van der Waals surface area (Å²) < 4.78 is 7.11. The van der Waals surface area contributed by atoms with Crippen molar-refractivity contribution in [3.8, 4) is 0 Å². The molecule has 1 N–H and O–H groups in total.